The standard InChI is InChI=1S/C19H19ClN4OS/c1-3-15-11-18(24-19(23-15)13-6-8-21-9-7-13)22-16-4-5-17(20)14(10-16)12-26(2)25/h4-11H,3,12H2,1-2H3,(H,22,23,24). The van der Waals surface area contributed by atoms with E-state index in [2.05, 4.69) is 27.2 Å². The zero-order chi connectivity index (χ0) is 18.5. The molecular formula is C19H19ClN4OS. The molecule has 0 aliphatic rings. The minimum absolute atomic E-state index is 0.417. The zero-order valence-electron chi connectivity index (χ0n) is 14.6. The monoisotopic (exact) mass is 386 g/mol. The van der Waals surface area contributed by atoms with Gasteiger partial charge in [0.15, 0.2) is 5.82 Å². The van der Waals surface area contributed by atoms with Gasteiger partial charge in [-0.15, -0.1) is 0 Å². The van der Waals surface area contributed by atoms with E-state index in [1.54, 1.807) is 24.7 Å². The minimum Gasteiger partial charge on any atom is -0.340 e. The second-order valence-electron chi connectivity index (χ2n) is 5.81. The number of anilines is 2. The molecule has 0 fully saturated rings. The van der Waals surface area contributed by atoms with E-state index < -0.39 is 10.8 Å². The lowest BCUT2D eigenvalue weighted by Crippen LogP contribution is -2.02. The minimum atomic E-state index is -0.959. The topological polar surface area (TPSA) is 67.8 Å². The fraction of sp³-hybridized carbons (Fsp3) is 0.211. The fourth-order valence-electron chi connectivity index (χ4n) is 2.50. The highest BCUT2D eigenvalue weighted by Crippen LogP contribution is 2.25. The van der Waals surface area contributed by atoms with Crippen molar-refractivity contribution in [2.75, 3.05) is 11.6 Å². The van der Waals surface area contributed by atoms with Crippen molar-refractivity contribution < 1.29 is 4.21 Å². The number of benzene rings is 1. The largest absolute Gasteiger partial charge is 0.340 e. The molecule has 134 valence electrons. The van der Waals surface area contributed by atoms with Crippen LogP contribution in [0, 0.1) is 0 Å². The molecule has 0 spiro atoms. The predicted octanol–water partition coefficient (Wildman–Crippen LogP) is 4.38. The average molecular weight is 387 g/mol. The number of aromatic nitrogens is 3. The van der Waals surface area contributed by atoms with Crippen LogP contribution >= 0.6 is 11.6 Å². The molecule has 1 aromatic carbocycles. The van der Waals surface area contributed by atoms with Gasteiger partial charge < -0.3 is 5.32 Å². The van der Waals surface area contributed by atoms with E-state index in [1.165, 1.54) is 0 Å². The highest BCUT2D eigenvalue weighted by atomic mass is 35.5. The summed E-state index contributed by atoms with van der Waals surface area (Å²) in [5.41, 5.74) is 3.54. The highest BCUT2D eigenvalue weighted by molar-refractivity contribution is 7.83. The van der Waals surface area contributed by atoms with Crippen molar-refractivity contribution in [1.82, 2.24) is 15.0 Å². The van der Waals surface area contributed by atoms with E-state index in [0.29, 0.717) is 22.4 Å². The second kappa shape index (κ2) is 8.38. The first kappa shape index (κ1) is 18.5. The quantitative estimate of drug-likeness (QED) is 0.681. The van der Waals surface area contributed by atoms with Gasteiger partial charge in [0, 0.05) is 63.2 Å². The van der Waals surface area contributed by atoms with E-state index in [-0.39, 0.29) is 0 Å². The van der Waals surface area contributed by atoms with Crippen LogP contribution in [0.1, 0.15) is 18.2 Å². The Morgan fingerprint density at radius 3 is 2.58 bits per heavy atom. The summed E-state index contributed by atoms with van der Waals surface area (Å²) in [5, 5.41) is 3.92. The van der Waals surface area contributed by atoms with Gasteiger partial charge in [0.2, 0.25) is 0 Å². The average Bonchev–Trinajstić information content (AvgIpc) is 2.64. The molecule has 0 aliphatic carbocycles. The van der Waals surface area contributed by atoms with Gasteiger partial charge >= 0.3 is 0 Å². The molecule has 0 radical (unpaired) electrons. The lowest BCUT2D eigenvalue weighted by molar-refractivity contribution is 0.686. The van der Waals surface area contributed by atoms with E-state index in [0.717, 1.165) is 28.9 Å². The molecule has 2 heterocycles. The Kier molecular flexibility index (Phi) is 5.96. The predicted molar refractivity (Wildman–Crippen MR) is 107 cm³/mol. The summed E-state index contributed by atoms with van der Waals surface area (Å²) in [6.45, 7) is 2.05. The van der Waals surface area contributed by atoms with Gasteiger partial charge in [-0.05, 0) is 42.3 Å². The second-order valence-corrected chi connectivity index (χ2v) is 7.65. The maximum absolute atomic E-state index is 11.5. The summed E-state index contributed by atoms with van der Waals surface area (Å²) < 4.78 is 11.5. The number of halogens is 1. The first-order valence-electron chi connectivity index (χ1n) is 8.19. The van der Waals surface area contributed by atoms with Crippen LogP contribution in [-0.2, 0) is 23.0 Å². The fourth-order valence-corrected chi connectivity index (χ4v) is 3.44. The maximum Gasteiger partial charge on any atom is 0.161 e. The lowest BCUT2D eigenvalue weighted by Gasteiger charge is -2.11. The van der Waals surface area contributed by atoms with Crippen LogP contribution in [0.25, 0.3) is 11.4 Å². The van der Waals surface area contributed by atoms with E-state index in [4.69, 9.17) is 11.6 Å². The molecule has 26 heavy (non-hydrogen) atoms. The van der Waals surface area contributed by atoms with Gasteiger partial charge in [-0.1, -0.05) is 18.5 Å². The number of hydrogen-bond acceptors (Lipinski definition) is 5. The highest BCUT2D eigenvalue weighted by Gasteiger charge is 2.09. The van der Waals surface area contributed by atoms with Crippen molar-refractivity contribution in [2.24, 2.45) is 0 Å². The molecule has 0 bridgehead atoms. The van der Waals surface area contributed by atoms with Crippen LogP contribution in [0.4, 0.5) is 11.5 Å². The van der Waals surface area contributed by atoms with Crippen molar-refractivity contribution in [3.63, 3.8) is 0 Å². The van der Waals surface area contributed by atoms with Crippen LogP contribution in [-0.4, -0.2) is 25.4 Å². The number of hydrogen-bond donors (Lipinski definition) is 1. The Morgan fingerprint density at radius 1 is 1.12 bits per heavy atom. The van der Waals surface area contributed by atoms with Crippen LogP contribution in [0.5, 0.6) is 0 Å². The Morgan fingerprint density at radius 2 is 1.88 bits per heavy atom. The summed E-state index contributed by atoms with van der Waals surface area (Å²) in [4.78, 5) is 13.2. The Labute approximate surface area is 160 Å². The molecule has 3 aromatic rings. The lowest BCUT2D eigenvalue weighted by atomic mass is 10.2. The molecule has 0 aliphatic heterocycles. The molecular weight excluding hydrogens is 368 g/mol. The van der Waals surface area contributed by atoms with Gasteiger partial charge in [0.25, 0.3) is 0 Å². The Hall–Kier alpha value is -2.31. The summed E-state index contributed by atoms with van der Waals surface area (Å²) in [6.07, 6.45) is 5.91. The molecule has 0 saturated carbocycles. The Balaban J connectivity index is 1.93. The van der Waals surface area contributed by atoms with E-state index >= 15 is 0 Å². The maximum atomic E-state index is 11.5. The van der Waals surface area contributed by atoms with Crippen LogP contribution < -0.4 is 5.32 Å². The molecule has 0 amide bonds. The van der Waals surface area contributed by atoms with Crippen molar-refractivity contribution in [3.8, 4) is 11.4 Å². The normalized spacial score (nSPS) is 12.0. The summed E-state index contributed by atoms with van der Waals surface area (Å²) in [6, 6.07) is 11.3. The van der Waals surface area contributed by atoms with Gasteiger partial charge in [-0.25, -0.2) is 9.97 Å². The van der Waals surface area contributed by atoms with Crippen molar-refractivity contribution in [2.45, 2.75) is 19.1 Å². The third kappa shape index (κ3) is 4.65. The van der Waals surface area contributed by atoms with Crippen LogP contribution in [0.2, 0.25) is 5.02 Å². The number of nitrogens with zero attached hydrogens (tertiary/aromatic N) is 3. The molecule has 7 heteroatoms. The molecule has 0 saturated heterocycles. The molecule has 2 aromatic heterocycles. The van der Waals surface area contributed by atoms with Crippen molar-refractivity contribution >= 4 is 33.9 Å². The number of nitrogens with one attached hydrogen (secondary N) is 1. The van der Waals surface area contributed by atoms with E-state index in [9.17, 15) is 4.21 Å². The SMILES string of the molecule is CCc1cc(Nc2ccc(Cl)c(CS(C)=O)c2)nc(-c2ccncc2)n1. The van der Waals surface area contributed by atoms with Crippen LogP contribution in [0.15, 0.2) is 48.8 Å². The molecule has 1 atom stereocenters. The molecule has 1 N–H and O–H groups in total. The molecule has 3 rings (SSSR count). The summed E-state index contributed by atoms with van der Waals surface area (Å²) in [7, 11) is -0.959. The smallest absolute Gasteiger partial charge is 0.161 e. The zero-order valence-corrected chi connectivity index (χ0v) is 16.1. The number of aryl methyl sites for hydroxylation is 1. The third-order valence-electron chi connectivity index (χ3n) is 3.76. The van der Waals surface area contributed by atoms with E-state index in [1.807, 2.05) is 30.3 Å². The number of rotatable bonds is 6. The Bertz CT molecular complexity index is 934. The molecule has 5 nitrogen and oxygen atoms in total. The number of pyridine rings is 1. The van der Waals surface area contributed by atoms with Crippen molar-refractivity contribution in [3.05, 3.63) is 65.1 Å². The first-order valence-corrected chi connectivity index (χ1v) is 10.3. The van der Waals surface area contributed by atoms with Crippen molar-refractivity contribution in [1.29, 1.82) is 0 Å². The summed E-state index contributed by atoms with van der Waals surface area (Å²) >= 11 is 6.20. The van der Waals surface area contributed by atoms with Gasteiger partial charge in [-0.3, -0.25) is 9.19 Å². The third-order valence-corrected chi connectivity index (χ3v) is 4.84. The summed E-state index contributed by atoms with van der Waals surface area (Å²) in [5.74, 6) is 1.77. The molecule has 1 unspecified atom stereocenters. The van der Waals surface area contributed by atoms with Crippen LogP contribution in [0.3, 0.4) is 0 Å². The van der Waals surface area contributed by atoms with Gasteiger partial charge in [0.05, 0.1) is 0 Å². The van der Waals surface area contributed by atoms with Gasteiger partial charge in [-0.2, -0.15) is 0 Å². The first-order chi connectivity index (χ1) is 12.5. The van der Waals surface area contributed by atoms with Gasteiger partial charge in [0.1, 0.15) is 5.82 Å².